The Morgan fingerprint density at radius 1 is 1.56 bits per heavy atom. The lowest BCUT2D eigenvalue weighted by Gasteiger charge is -2.27. The van der Waals surface area contributed by atoms with E-state index in [9.17, 15) is 4.79 Å². The first-order valence-corrected chi connectivity index (χ1v) is 6.87. The van der Waals surface area contributed by atoms with Crippen LogP contribution in [0.5, 0.6) is 0 Å². The lowest BCUT2D eigenvalue weighted by Crippen LogP contribution is -2.35. The van der Waals surface area contributed by atoms with Crippen LogP contribution in [-0.2, 0) is 6.54 Å². The highest BCUT2D eigenvalue weighted by Crippen LogP contribution is 2.41. The Kier molecular flexibility index (Phi) is 3.66. The molecule has 0 aliphatic heterocycles. The Hall–Kier alpha value is -1.03. The van der Waals surface area contributed by atoms with Crippen molar-refractivity contribution in [2.24, 2.45) is 5.92 Å². The predicted molar refractivity (Wildman–Crippen MR) is 74.2 cm³/mol. The fraction of sp³-hybridized carbons (Fsp3) is 0.692. The molecule has 1 aromatic rings. The molecule has 0 amide bonds. The van der Waals surface area contributed by atoms with Crippen molar-refractivity contribution < 1.29 is 0 Å². The quantitative estimate of drug-likeness (QED) is 0.894. The molecule has 1 aliphatic rings. The molecule has 2 rings (SSSR count). The van der Waals surface area contributed by atoms with Crippen molar-refractivity contribution in [2.45, 2.75) is 52.1 Å². The summed E-state index contributed by atoms with van der Waals surface area (Å²) in [5.74, 6) is 0.659. The van der Waals surface area contributed by atoms with Gasteiger partial charge >= 0.3 is 0 Å². The first-order chi connectivity index (χ1) is 8.45. The van der Waals surface area contributed by atoms with E-state index in [2.05, 4.69) is 24.3 Å². The highest BCUT2D eigenvalue weighted by molar-refractivity contribution is 6.32. The molecule has 5 heteroatoms. The largest absolute Gasteiger partial charge is 0.377 e. The van der Waals surface area contributed by atoms with Crippen molar-refractivity contribution >= 4 is 17.3 Å². The summed E-state index contributed by atoms with van der Waals surface area (Å²) < 4.78 is 1.41. The molecule has 1 fully saturated rings. The second kappa shape index (κ2) is 4.92. The topological polar surface area (TPSA) is 46.9 Å². The van der Waals surface area contributed by atoms with Gasteiger partial charge in [0.25, 0.3) is 5.56 Å². The molecule has 0 bridgehead atoms. The van der Waals surface area contributed by atoms with Gasteiger partial charge in [-0.2, -0.15) is 5.10 Å². The standard InChI is InChI=1S/C13H20ClN3O/c1-4-7-17-12(18)11(14)10(8-15-17)16-13(2,3)9-5-6-9/h8-9,16H,4-7H2,1-3H3. The minimum atomic E-state index is -0.213. The third-order valence-electron chi connectivity index (χ3n) is 3.48. The van der Waals surface area contributed by atoms with Crippen molar-refractivity contribution in [1.29, 1.82) is 0 Å². The van der Waals surface area contributed by atoms with Gasteiger partial charge in [-0.25, -0.2) is 4.68 Å². The van der Waals surface area contributed by atoms with Crippen LogP contribution in [0.15, 0.2) is 11.0 Å². The molecule has 0 unspecified atom stereocenters. The Balaban J connectivity index is 2.24. The molecule has 0 radical (unpaired) electrons. The van der Waals surface area contributed by atoms with Crippen LogP contribution in [0.3, 0.4) is 0 Å². The molecule has 0 spiro atoms. The van der Waals surface area contributed by atoms with E-state index in [1.165, 1.54) is 17.5 Å². The molecule has 1 saturated carbocycles. The SMILES string of the molecule is CCCn1ncc(NC(C)(C)C2CC2)c(Cl)c1=O. The number of aromatic nitrogens is 2. The number of aryl methyl sites for hydroxylation is 1. The van der Waals surface area contributed by atoms with E-state index in [-0.39, 0.29) is 16.1 Å². The highest BCUT2D eigenvalue weighted by Gasteiger charge is 2.38. The number of nitrogens with one attached hydrogen (secondary N) is 1. The number of anilines is 1. The molecule has 0 saturated heterocycles. The van der Waals surface area contributed by atoms with Gasteiger partial charge in [-0.1, -0.05) is 18.5 Å². The summed E-state index contributed by atoms with van der Waals surface area (Å²) in [4.78, 5) is 12.0. The molecular formula is C13H20ClN3O. The third kappa shape index (κ3) is 2.69. The molecule has 0 atom stereocenters. The Morgan fingerprint density at radius 2 is 2.22 bits per heavy atom. The van der Waals surface area contributed by atoms with Gasteiger partial charge in [0, 0.05) is 12.1 Å². The van der Waals surface area contributed by atoms with E-state index in [0.29, 0.717) is 18.2 Å². The van der Waals surface area contributed by atoms with Crippen LogP contribution in [0.4, 0.5) is 5.69 Å². The van der Waals surface area contributed by atoms with Crippen molar-refractivity contribution in [1.82, 2.24) is 9.78 Å². The van der Waals surface area contributed by atoms with Crippen molar-refractivity contribution in [3.05, 3.63) is 21.6 Å². The predicted octanol–water partition coefficient (Wildman–Crippen LogP) is 2.91. The maximum atomic E-state index is 12.0. The zero-order valence-electron chi connectivity index (χ0n) is 11.2. The maximum absolute atomic E-state index is 12.0. The number of hydrogen-bond acceptors (Lipinski definition) is 3. The summed E-state index contributed by atoms with van der Waals surface area (Å²) in [6, 6.07) is 0. The average Bonchev–Trinajstić information content (AvgIpc) is 3.13. The van der Waals surface area contributed by atoms with E-state index in [0.717, 1.165) is 6.42 Å². The first kappa shape index (κ1) is 13.4. The zero-order valence-corrected chi connectivity index (χ0v) is 11.9. The average molecular weight is 270 g/mol. The summed E-state index contributed by atoms with van der Waals surface area (Å²) in [5, 5.41) is 7.74. The molecule has 0 aromatic carbocycles. The Morgan fingerprint density at radius 3 is 2.78 bits per heavy atom. The van der Waals surface area contributed by atoms with Gasteiger partial charge in [-0.3, -0.25) is 4.79 Å². The van der Waals surface area contributed by atoms with Crippen LogP contribution >= 0.6 is 11.6 Å². The minimum Gasteiger partial charge on any atom is -0.377 e. The fourth-order valence-corrected chi connectivity index (χ4v) is 2.37. The third-order valence-corrected chi connectivity index (χ3v) is 3.84. The molecule has 1 heterocycles. The van der Waals surface area contributed by atoms with Gasteiger partial charge in [0.05, 0.1) is 11.9 Å². The lowest BCUT2D eigenvalue weighted by molar-refractivity contribution is 0.492. The highest BCUT2D eigenvalue weighted by atomic mass is 35.5. The molecular weight excluding hydrogens is 250 g/mol. The minimum absolute atomic E-state index is 0.0330. The van der Waals surface area contributed by atoms with Gasteiger partial charge in [0.1, 0.15) is 5.02 Å². The summed E-state index contributed by atoms with van der Waals surface area (Å²) in [7, 11) is 0. The molecule has 1 N–H and O–H groups in total. The Bertz CT molecular complexity index is 491. The van der Waals surface area contributed by atoms with Crippen LogP contribution in [0.2, 0.25) is 5.02 Å². The van der Waals surface area contributed by atoms with Crippen molar-refractivity contribution in [3.8, 4) is 0 Å². The summed E-state index contributed by atoms with van der Waals surface area (Å²) in [6.45, 7) is 6.88. The van der Waals surface area contributed by atoms with Gasteiger partial charge in [0.15, 0.2) is 0 Å². The van der Waals surface area contributed by atoms with Gasteiger partial charge in [-0.15, -0.1) is 0 Å². The second-order valence-corrected chi connectivity index (χ2v) is 5.90. The number of nitrogens with zero attached hydrogens (tertiary/aromatic N) is 2. The van der Waals surface area contributed by atoms with Gasteiger partial charge < -0.3 is 5.32 Å². The number of rotatable bonds is 5. The van der Waals surface area contributed by atoms with Gasteiger partial charge in [-0.05, 0) is 39.0 Å². The summed E-state index contributed by atoms with van der Waals surface area (Å²) >= 11 is 6.13. The zero-order chi connectivity index (χ0) is 13.3. The van der Waals surface area contributed by atoms with Crippen LogP contribution in [0, 0.1) is 5.92 Å². The van der Waals surface area contributed by atoms with Crippen molar-refractivity contribution in [2.75, 3.05) is 5.32 Å². The smallest absolute Gasteiger partial charge is 0.287 e. The molecule has 18 heavy (non-hydrogen) atoms. The monoisotopic (exact) mass is 269 g/mol. The fourth-order valence-electron chi connectivity index (χ4n) is 2.18. The first-order valence-electron chi connectivity index (χ1n) is 6.49. The van der Waals surface area contributed by atoms with E-state index in [4.69, 9.17) is 11.6 Å². The van der Waals surface area contributed by atoms with Gasteiger partial charge in [0.2, 0.25) is 0 Å². The van der Waals surface area contributed by atoms with Crippen LogP contribution in [-0.4, -0.2) is 15.3 Å². The van der Waals surface area contributed by atoms with E-state index < -0.39 is 0 Å². The molecule has 100 valence electrons. The number of hydrogen-bond donors (Lipinski definition) is 1. The summed E-state index contributed by atoms with van der Waals surface area (Å²) in [5.41, 5.74) is 0.398. The molecule has 1 aromatic heterocycles. The normalized spacial score (nSPS) is 15.8. The summed E-state index contributed by atoms with van der Waals surface area (Å²) in [6.07, 6.45) is 4.99. The molecule has 4 nitrogen and oxygen atoms in total. The second-order valence-electron chi connectivity index (χ2n) is 5.52. The Labute approximate surface area is 112 Å². The number of halogens is 1. The van der Waals surface area contributed by atoms with E-state index >= 15 is 0 Å². The molecule has 1 aliphatic carbocycles. The van der Waals surface area contributed by atoms with Crippen molar-refractivity contribution in [3.63, 3.8) is 0 Å². The van der Waals surface area contributed by atoms with Crippen LogP contribution in [0.1, 0.15) is 40.0 Å². The van der Waals surface area contributed by atoms with Crippen LogP contribution < -0.4 is 10.9 Å². The van der Waals surface area contributed by atoms with Crippen LogP contribution in [0.25, 0.3) is 0 Å². The van der Waals surface area contributed by atoms with E-state index in [1.807, 2.05) is 6.92 Å². The lowest BCUT2D eigenvalue weighted by atomic mass is 9.98. The van der Waals surface area contributed by atoms with E-state index in [1.54, 1.807) is 6.20 Å². The maximum Gasteiger partial charge on any atom is 0.287 e.